The average Bonchev–Trinajstić information content (AvgIpc) is 3.38. The predicted octanol–water partition coefficient (Wildman–Crippen LogP) is 5.68. The normalized spacial score (nSPS) is 11.9. The second-order valence-electron chi connectivity index (χ2n) is 10.0. The minimum atomic E-state index is -3.75. The number of unbranched alkanes of at least 4 members (excludes halogenated alkanes) is 6. The number of nitrogens with zero attached hydrogens (tertiary/aromatic N) is 2. The Morgan fingerprint density at radius 1 is 0.775 bits per heavy atom. The summed E-state index contributed by atoms with van der Waals surface area (Å²) in [6.45, 7) is 5.21. The van der Waals surface area contributed by atoms with Crippen molar-refractivity contribution in [3.8, 4) is 22.4 Å². The second-order valence-corrected chi connectivity index (χ2v) is 12.5. The molecule has 0 radical (unpaired) electrons. The molecule has 3 N–H and O–H groups in total. The minimum Gasteiger partial charge on any atom is -0.360 e. The molecule has 2 aromatic carbocycles. The van der Waals surface area contributed by atoms with Gasteiger partial charge in [-0.1, -0.05) is 79.7 Å². The topological polar surface area (TPSA) is 101 Å². The summed E-state index contributed by atoms with van der Waals surface area (Å²) in [5, 5.41) is 13.1. The van der Waals surface area contributed by atoms with Crippen LogP contribution >= 0.6 is 25.3 Å². The number of benzene rings is 2. The number of nitrogens with two attached hydrogens (primary N) is 1. The molecule has 40 heavy (non-hydrogen) atoms. The zero-order valence-electron chi connectivity index (χ0n) is 23.3. The van der Waals surface area contributed by atoms with Gasteiger partial charge in [-0.3, -0.25) is 0 Å². The first-order valence-electron chi connectivity index (χ1n) is 14.3. The van der Waals surface area contributed by atoms with Crippen molar-refractivity contribution in [2.24, 2.45) is 5.14 Å². The van der Waals surface area contributed by atoms with E-state index in [0.29, 0.717) is 0 Å². The smallest absolute Gasteiger partial charge is 0.238 e. The van der Waals surface area contributed by atoms with Crippen LogP contribution in [-0.2, 0) is 16.4 Å². The molecule has 0 saturated carbocycles. The monoisotopic (exact) mass is 604 g/mol. The number of thiol groups is 2. The highest BCUT2D eigenvalue weighted by Crippen LogP contribution is 2.35. The van der Waals surface area contributed by atoms with E-state index in [2.05, 4.69) is 40.6 Å². The predicted molar refractivity (Wildman–Crippen MR) is 172 cm³/mol. The van der Waals surface area contributed by atoms with Crippen LogP contribution in [0.2, 0.25) is 0 Å². The maximum atomic E-state index is 11.7. The Bertz CT molecular complexity index is 1220. The van der Waals surface area contributed by atoms with Crippen LogP contribution in [0.1, 0.15) is 50.7 Å². The third kappa shape index (κ3) is 10.9. The highest BCUT2D eigenvalue weighted by Gasteiger charge is 2.20. The van der Waals surface area contributed by atoms with Crippen LogP contribution in [0, 0.1) is 0 Å². The zero-order chi connectivity index (χ0) is 28.6. The zero-order valence-corrected chi connectivity index (χ0v) is 25.9. The van der Waals surface area contributed by atoms with Crippen molar-refractivity contribution in [2.45, 2.75) is 56.3 Å². The van der Waals surface area contributed by atoms with E-state index in [-0.39, 0.29) is 4.90 Å². The number of aryl methyl sites for hydroxylation is 1. The van der Waals surface area contributed by atoms with Crippen LogP contribution in [0.25, 0.3) is 22.4 Å². The molecule has 3 rings (SSSR count). The van der Waals surface area contributed by atoms with Gasteiger partial charge in [-0.05, 0) is 37.1 Å². The minimum absolute atomic E-state index is 0.0891. The van der Waals surface area contributed by atoms with Crippen molar-refractivity contribution < 1.29 is 12.9 Å². The van der Waals surface area contributed by atoms with Crippen LogP contribution < -0.4 is 10.5 Å². The number of aromatic nitrogens is 1. The molecule has 0 bridgehead atoms. The molecule has 0 atom stereocenters. The fraction of sp³-hybridized carbons (Fsp3) is 0.500. The molecule has 220 valence electrons. The van der Waals surface area contributed by atoms with Crippen molar-refractivity contribution >= 4 is 35.3 Å². The molecular weight excluding hydrogens is 561 g/mol. The van der Waals surface area contributed by atoms with Gasteiger partial charge in [-0.25, -0.2) is 13.6 Å². The number of hydrogen-bond donors (Lipinski definition) is 4. The van der Waals surface area contributed by atoms with Gasteiger partial charge in [-0.2, -0.15) is 25.3 Å². The van der Waals surface area contributed by atoms with Gasteiger partial charge < -0.3 is 14.7 Å². The largest absolute Gasteiger partial charge is 0.360 e. The van der Waals surface area contributed by atoms with Gasteiger partial charge in [0.15, 0.2) is 0 Å². The van der Waals surface area contributed by atoms with E-state index in [1.54, 1.807) is 12.1 Å². The molecule has 0 spiro atoms. The number of nitrogens with one attached hydrogen (secondary N) is 1. The summed E-state index contributed by atoms with van der Waals surface area (Å²) in [5.74, 6) is 2.60. The number of sulfonamides is 1. The molecule has 3 aromatic rings. The molecule has 1 aromatic heterocycles. The van der Waals surface area contributed by atoms with Gasteiger partial charge in [0.2, 0.25) is 10.0 Å². The van der Waals surface area contributed by atoms with Crippen LogP contribution in [0.15, 0.2) is 64.0 Å². The Kier molecular flexibility index (Phi) is 14.6. The lowest BCUT2D eigenvalue weighted by atomic mass is 9.97. The second kappa shape index (κ2) is 17.9. The summed E-state index contributed by atoms with van der Waals surface area (Å²) < 4.78 is 29.3. The molecule has 0 amide bonds. The highest BCUT2D eigenvalue weighted by molar-refractivity contribution is 7.89. The molecule has 0 unspecified atom stereocenters. The molecule has 1 heterocycles. The van der Waals surface area contributed by atoms with Gasteiger partial charge in [0.25, 0.3) is 0 Å². The molecule has 10 heteroatoms. The lowest BCUT2D eigenvalue weighted by Crippen LogP contribution is -2.34. The van der Waals surface area contributed by atoms with Crippen LogP contribution in [0.4, 0.5) is 0 Å². The third-order valence-corrected chi connectivity index (χ3v) is 8.32. The summed E-state index contributed by atoms with van der Waals surface area (Å²) in [5.41, 5.74) is 3.51. The van der Waals surface area contributed by atoms with E-state index in [1.807, 2.05) is 30.3 Å². The Morgan fingerprint density at radius 3 is 2.10 bits per heavy atom. The molecule has 0 aliphatic rings. The van der Waals surface area contributed by atoms with Gasteiger partial charge in [-0.15, -0.1) is 0 Å². The van der Waals surface area contributed by atoms with Gasteiger partial charge in [0.1, 0.15) is 11.5 Å². The van der Waals surface area contributed by atoms with E-state index in [9.17, 15) is 8.42 Å². The molecule has 0 aliphatic heterocycles. The summed E-state index contributed by atoms with van der Waals surface area (Å²) in [4.78, 5) is 2.59. The third-order valence-electron chi connectivity index (χ3n) is 6.97. The Balaban J connectivity index is 1.47. The summed E-state index contributed by atoms with van der Waals surface area (Å²) in [6.07, 6.45) is 9.12. The van der Waals surface area contributed by atoms with Crippen molar-refractivity contribution in [2.75, 3.05) is 44.2 Å². The lowest BCUT2D eigenvalue weighted by molar-refractivity contribution is 0.283. The van der Waals surface area contributed by atoms with E-state index in [4.69, 9.17) is 9.66 Å². The van der Waals surface area contributed by atoms with Crippen molar-refractivity contribution in [1.29, 1.82) is 0 Å². The standard InChI is InChI=1S/C30H44N4O3S3/c31-40(35,36)27-16-14-25(15-17-27)29-28(37-33-30(29)26-11-7-6-8-12-26)13-9-4-2-1-3-5-10-20-34(22-24-39)21-18-32-19-23-38/h6-8,11-12,14-17,32,38-39H,1-5,9-10,13,18-24H2,(H2,31,35,36). The lowest BCUT2D eigenvalue weighted by Gasteiger charge is -2.21. The van der Waals surface area contributed by atoms with Crippen molar-refractivity contribution in [3.63, 3.8) is 0 Å². The summed E-state index contributed by atoms with van der Waals surface area (Å²) in [7, 11) is -3.75. The van der Waals surface area contributed by atoms with Gasteiger partial charge in [0, 0.05) is 49.7 Å². The summed E-state index contributed by atoms with van der Waals surface area (Å²) in [6, 6.07) is 16.5. The summed E-state index contributed by atoms with van der Waals surface area (Å²) >= 11 is 8.65. The molecular formula is C30H44N4O3S3. The first kappa shape index (κ1) is 32.7. The maximum Gasteiger partial charge on any atom is 0.238 e. The maximum absolute atomic E-state index is 11.7. The Labute approximate surface area is 251 Å². The van der Waals surface area contributed by atoms with Gasteiger partial charge >= 0.3 is 0 Å². The number of hydrogen-bond acceptors (Lipinski definition) is 8. The van der Waals surface area contributed by atoms with Gasteiger partial charge in [0.05, 0.1) is 10.5 Å². The number of rotatable bonds is 20. The Morgan fingerprint density at radius 2 is 1.45 bits per heavy atom. The fourth-order valence-corrected chi connectivity index (χ4v) is 5.78. The van der Waals surface area contributed by atoms with E-state index in [1.165, 1.54) is 44.2 Å². The highest BCUT2D eigenvalue weighted by atomic mass is 32.2. The number of primary sulfonamides is 1. The van der Waals surface area contributed by atoms with Crippen molar-refractivity contribution in [1.82, 2.24) is 15.4 Å². The first-order valence-corrected chi connectivity index (χ1v) is 17.1. The van der Waals surface area contributed by atoms with E-state index < -0.39 is 10.0 Å². The molecule has 0 fully saturated rings. The Hall–Kier alpha value is -1.82. The quantitative estimate of drug-likeness (QED) is 0.0978. The van der Waals surface area contributed by atoms with Crippen LogP contribution in [-0.4, -0.2) is 62.7 Å². The SMILES string of the molecule is NS(=O)(=O)c1ccc(-c2c(-c3ccccc3)noc2CCCCCCCCCN(CCS)CCNCCS)cc1. The van der Waals surface area contributed by atoms with E-state index in [0.717, 1.165) is 91.6 Å². The average molecular weight is 605 g/mol. The van der Waals surface area contributed by atoms with Crippen molar-refractivity contribution in [3.05, 3.63) is 60.4 Å². The van der Waals surface area contributed by atoms with E-state index >= 15 is 0 Å². The molecule has 0 saturated heterocycles. The molecule has 0 aliphatic carbocycles. The first-order chi connectivity index (χ1) is 19.4. The van der Waals surface area contributed by atoms with Crippen LogP contribution in [0.3, 0.4) is 0 Å². The molecule has 7 nitrogen and oxygen atoms in total. The van der Waals surface area contributed by atoms with Crippen LogP contribution in [0.5, 0.6) is 0 Å². The fourth-order valence-electron chi connectivity index (χ4n) is 4.82.